The van der Waals surface area contributed by atoms with Gasteiger partial charge in [-0.2, -0.15) is 0 Å². The minimum atomic E-state index is 0.543. The summed E-state index contributed by atoms with van der Waals surface area (Å²) in [7, 11) is 3.80. The molecule has 1 N–H and O–H groups in total. The smallest absolute Gasteiger partial charge is 0.163 e. The van der Waals surface area contributed by atoms with Gasteiger partial charge in [0.25, 0.3) is 0 Å². The number of benzene rings is 2. The molecule has 2 aromatic carbocycles. The first-order valence-corrected chi connectivity index (χ1v) is 11.8. The first-order chi connectivity index (χ1) is 16.6. The first kappa shape index (κ1) is 22.7. The Kier molecular flexibility index (Phi) is 6.71. The van der Waals surface area contributed by atoms with Gasteiger partial charge in [0.05, 0.1) is 30.5 Å². The van der Waals surface area contributed by atoms with E-state index in [1.807, 2.05) is 30.3 Å². The highest BCUT2D eigenvalue weighted by Crippen LogP contribution is 2.38. The highest BCUT2D eigenvalue weighted by atomic mass is 35.5. The van der Waals surface area contributed by atoms with Crippen molar-refractivity contribution < 1.29 is 13.9 Å². The molecule has 9 heteroatoms. The van der Waals surface area contributed by atoms with Crippen molar-refractivity contribution >= 4 is 45.0 Å². The van der Waals surface area contributed by atoms with Crippen molar-refractivity contribution in [1.29, 1.82) is 0 Å². The number of halogens is 1. The van der Waals surface area contributed by atoms with Crippen molar-refractivity contribution in [3.8, 4) is 11.5 Å². The fraction of sp³-hybridized carbons (Fsp3) is 0.360. The topological polar surface area (TPSA) is 75.9 Å². The van der Waals surface area contributed by atoms with Crippen LogP contribution in [-0.4, -0.2) is 73.3 Å². The predicted octanol–water partition coefficient (Wildman–Crippen LogP) is 4.80. The molecule has 0 radical (unpaired) electrons. The summed E-state index contributed by atoms with van der Waals surface area (Å²) in [5.41, 5.74) is 2.08. The maximum absolute atomic E-state index is 6.46. The molecule has 1 aliphatic heterocycles. The zero-order valence-corrected chi connectivity index (χ0v) is 20.1. The number of furan rings is 1. The van der Waals surface area contributed by atoms with Crippen LogP contribution in [0.25, 0.3) is 21.9 Å². The second kappa shape index (κ2) is 10.0. The number of ether oxygens (including phenoxy) is 2. The Labute approximate surface area is 203 Å². The van der Waals surface area contributed by atoms with Gasteiger partial charge in [-0.3, -0.25) is 0 Å². The SMILES string of the molecule is COc1cc2c(Nc3c(Cl)ccc4ccoc34)ncnc2cc1OCCCN1CCN(C)CC1. The maximum Gasteiger partial charge on any atom is 0.163 e. The average Bonchev–Trinajstić information content (AvgIpc) is 3.33. The molecule has 1 aliphatic rings. The molecule has 2 aromatic heterocycles. The Morgan fingerprint density at radius 3 is 2.76 bits per heavy atom. The molecule has 0 atom stereocenters. The minimum Gasteiger partial charge on any atom is -0.493 e. The molecule has 178 valence electrons. The van der Waals surface area contributed by atoms with E-state index < -0.39 is 0 Å². The van der Waals surface area contributed by atoms with Gasteiger partial charge in [-0.1, -0.05) is 11.6 Å². The van der Waals surface area contributed by atoms with Crippen LogP contribution in [0, 0.1) is 0 Å². The molecular weight excluding hydrogens is 454 g/mol. The summed E-state index contributed by atoms with van der Waals surface area (Å²) in [5, 5.41) is 5.62. The lowest BCUT2D eigenvalue weighted by Crippen LogP contribution is -2.44. The number of anilines is 2. The summed E-state index contributed by atoms with van der Waals surface area (Å²) in [4.78, 5) is 13.7. The number of piperazine rings is 1. The van der Waals surface area contributed by atoms with Crippen LogP contribution in [0.4, 0.5) is 11.5 Å². The van der Waals surface area contributed by atoms with E-state index in [1.165, 1.54) is 6.33 Å². The Morgan fingerprint density at radius 1 is 1.09 bits per heavy atom. The zero-order valence-electron chi connectivity index (χ0n) is 19.4. The standard InChI is InChI=1S/C25H28ClN5O3/c1-30-8-10-31(11-9-30)7-3-12-33-22-15-20-18(14-21(22)32-2)25(28-16-27-20)29-23-19(26)5-4-17-6-13-34-24(17)23/h4-6,13-16H,3,7-12H2,1-2H3,(H,27,28,29). The van der Waals surface area contributed by atoms with Gasteiger partial charge in [0.15, 0.2) is 17.1 Å². The maximum atomic E-state index is 6.46. The zero-order chi connectivity index (χ0) is 23.5. The second-order valence-corrected chi connectivity index (χ2v) is 8.88. The molecule has 8 nitrogen and oxygen atoms in total. The summed E-state index contributed by atoms with van der Waals surface area (Å²) >= 11 is 6.46. The van der Waals surface area contributed by atoms with E-state index in [9.17, 15) is 0 Å². The molecule has 0 bridgehead atoms. The number of aromatic nitrogens is 2. The van der Waals surface area contributed by atoms with Gasteiger partial charge in [0.1, 0.15) is 17.8 Å². The number of hydrogen-bond donors (Lipinski definition) is 1. The average molecular weight is 482 g/mol. The number of fused-ring (bicyclic) bond motifs is 2. The third kappa shape index (κ3) is 4.75. The lowest BCUT2D eigenvalue weighted by molar-refractivity contribution is 0.145. The molecule has 34 heavy (non-hydrogen) atoms. The summed E-state index contributed by atoms with van der Waals surface area (Å²) in [6.45, 7) is 6.10. The fourth-order valence-electron chi connectivity index (χ4n) is 4.22. The van der Waals surface area contributed by atoms with Gasteiger partial charge in [-0.25, -0.2) is 9.97 Å². The van der Waals surface area contributed by atoms with Crippen molar-refractivity contribution in [2.75, 3.05) is 58.8 Å². The largest absolute Gasteiger partial charge is 0.493 e. The van der Waals surface area contributed by atoms with Crippen LogP contribution in [0.1, 0.15) is 6.42 Å². The van der Waals surface area contributed by atoms with E-state index in [1.54, 1.807) is 13.4 Å². The van der Waals surface area contributed by atoms with E-state index in [0.29, 0.717) is 40.2 Å². The van der Waals surface area contributed by atoms with Crippen molar-refractivity contribution in [1.82, 2.24) is 19.8 Å². The molecule has 5 rings (SSSR count). The van der Waals surface area contributed by atoms with Gasteiger partial charge < -0.3 is 29.0 Å². The normalized spacial score (nSPS) is 15.1. The molecule has 0 amide bonds. The van der Waals surface area contributed by atoms with Crippen LogP contribution in [-0.2, 0) is 0 Å². The lowest BCUT2D eigenvalue weighted by Gasteiger charge is -2.32. The number of nitrogens with one attached hydrogen (secondary N) is 1. The summed E-state index contributed by atoms with van der Waals surface area (Å²) < 4.78 is 17.4. The third-order valence-corrected chi connectivity index (χ3v) is 6.52. The minimum absolute atomic E-state index is 0.543. The molecule has 0 saturated carbocycles. The van der Waals surface area contributed by atoms with E-state index in [2.05, 4.69) is 32.1 Å². The summed E-state index contributed by atoms with van der Waals surface area (Å²) in [6, 6.07) is 9.43. The Balaban J connectivity index is 1.33. The molecule has 0 unspecified atom stereocenters. The number of likely N-dealkylation sites (N-methyl/N-ethyl adjacent to an activating group) is 1. The lowest BCUT2D eigenvalue weighted by atomic mass is 10.2. The molecule has 3 heterocycles. The van der Waals surface area contributed by atoms with Crippen molar-refractivity contribution in [3.05, 3.63) is 47.9 Å². The van der Waals surface area contributed by atoms with Crippen LogP contribution in [0.5, 0.6) is 11.5 Å². The Hall–Kier alpha value is -3.07. The first-order valence-electron chi connectivity index (χ1n) is 11.4. The second-order valence-electron chi connectivity index (χ2n) is 8.48. The van der Waals surface area contributed by atoms with Gasteiger partial charge in [-0.15, -0.1) is 0 Å². The van der Waals surface area contributed by atoms with E-state index in [4.69, 9.17) is 25.5 Å². The summed E-state index contributed by atoms with van der Waals surface area (Å²) in [6.07, 6.45) is 4.11. The van der Waals surface area contributed by atoms with Gasteiger partial charge in [-0.05, 0) is 37.7 Å². The molecule has 1 saturated heterocycles. The molecule has 0 aliphatic carbocycles. The van der Waals surface area contributed by atoms with E-state index >= 15 is 0 Å². The van der Waals surface area contributed by atoms with Crippen LogP contribution < -0.4 is 14.8 Å². The Morgan fingerprint density at radius 2 is 1.94 bits per heavy atom. The number of nitrogens with zero attached hydrogens (tertiary/aromatic N) is 4. The molecule has 4 aromatic rings. The van der Waals surface area contributed by atoms with Crippen LogP contribution in [0.3, 0.4) is 0 Å². The monoisotopic (exact) mass is 481 g/mol. The van der Waals surface area contributed by atoms with Crippen LogP contribution >= 0.6 is 11.6 Å². The highest BCUT2D eigenvalue weighted by Gasteiger charge is 2.16. The number of rotatable bonds is 8. The Bertz CT molecular complexity index is 1290. The highest BCUT2D eigenvalue weighted by molar-refractivity contribution is 6.35. The third-order valence-electron chi connectivity index (χ3n) is 6.21. The van der Waals surface area contributed by atoms with Gasteiger partial charge in [0.2, 0.25) is 0 Å². The van der Waals surface area contributed by atoms with Crippen molar-refractivity contribution in [2.24, 2.45) is 0 Å². The summed E-state index contributed by atoms with van der Waals surface area (Å²) in [5.74, 6) is 1.91. The van der Waals surface area contributed by atoms with E-state index in [0.717, 1.165) is 55.4 Å². The molecule has 0 spiro atoms. The number of hydrogen-bond acceptors (Lipinski definition) is 8. The fourth-order valence-corrected chi connectivity index (χ4v) is 4.42. The van der Waals surface area contributed by atoms with E-state index in [-0.39, 0.29) is 0 Å². The molecule has 1 fully saturated rings. The quantitative estimate of drug-likeness (QED) is 0.360. The van der Waals surface area contributed by atoms with Crippen molar-refractivity contribution in [2.45, 2.75) is 6.42 Å². The van der Waals surface area contributed by atoms with Crippen molar-refractivity contribution in [3.63, 3.8) is 0 Å². The number of methoxy groups -OCH3 is 1. The van der Waals surface area contributed by atoms with Gasteiger partial charge in [0, 0.05) is 49.6 Å². The van der Waals surface area contributed by atoms with Gasteiger partial charge >= 0.3 is 0 Å². The predicted molar refractivity (Wildman–Crippen MR) is 135 cm³/mol. The van der Waals surface area contributed by atoms with Crippen LogP contribution in [0.15, 0.2) is 47.3 Å². The van der Waals surface area contributed by atoms with Crippen LogP contribution in [0.2, 0.25) is 5.02 Å². The molecular formula is C25H28ClN5O3.